The number of carbonyl (C=O) groups is 2. The maximum absolute atomic E-state index is 12.2. The molecule has 2 amide bonds. The number of urea groups is 1. The molecule has 1 aliphatic rings. The van der Waals surface area contributed by atoms with Gasteiger partial charge in [-0.1, -0.05) is 49.6 Å². The summed E-state index contributed by atoms with van der Waals surface area (Å²) in [4.78, 5) is 24.3. The first-order chi connectivity index (χ1) is 11.5. The second-order valence-electron chi connectivity index (χ2n) is 6.95. The van der Waals surface area contributed by atoms with Gasteiger partial charge in [0.2, 0.25) is 0 Å². The van der Waals surface area contributed by atoms with Crippen molar-refractivity contribution in [2.75, 3.05) is 20.1 Å². The molecule has 0 spiro atoms. The SMILES string of the molecule is CN(CCC(=O)O)C(=O)NCC1(Cc2ccccc2)CCCCC1. The smallest absolute Gasteiger partial charge is 0.317 e. The molecule has 24 heavy (non-hydrogen) atoms. The van der Waals surface area contributed by atoms with E-state index >= 15 is 0 Å². The number of carboxylic acid groups (broad SMARTS) is 1. The number of aliphatic carboxylic acids is 1. The van der Waals surface area contributed by atoms with Gasteiger partial charge in [-0.2, -0.15) is 0 Å². The average Bonchev–Trinajstić information content (AvgIpc) is 2.59. The molecule has 0 radical (unpaired) electrons. The van der Waals surface area contributed by atoms with Gasteiger partial charge >= 0.3 is 12.0 Å². The highest BCUT2D eigenvalue weighted by Gasteiger charge is 2.32. The van der Waals surface area contributed by atoms with Gasteiger partial charge in [-0.05, 0) is 30.2 Å². The molecule has 1 fully saturated rings. The van der Waals surface area contributed by atoms with Gasteiger partial charge in [-0.15, -0.1) is 0 Å². The second kappa shape index (κ2) is 8.71. The Kier molecular flexibility index (Phi) is 6.64. The van der Waals surface area contributed by atoms with Gasteiger partial charge in [-0.3, -0.25) is 4.79 Å². The van der Waals surface area contributed by atoms with E-state index in [0.717, 1.165) is 19.3 Å². The third-order valence-electron chi connectivity index (χ3n) is 4.96. The Morgan fingerprint density at radius 1 is 1.17 bits per heavy atom. The third-order valence-corrected chi connectivity index (χ3v) is 4.96. The number of nitrogens with one attached hydrogen (secondary N) is 1. The molecule has 0 unspecified atom stereocenters. The molecule has 1 saturated carbocycles. The number of benzene rings is 1. The Hall–Kier alpha value is -2.04. The highest BCUT2D eigenvalue weighted by molar-refractivity contribution is 5.75. The van der Waals surface area contributed by atoms with E-state index in [9.17, 15) is 9.59 Å². The second-order valence-corrected chi connectivity index (χ2v) is 6.95. The maximum atomic E-state index is 12.2. The Balaban J connectivity index is 1.93. The lowest BCUT2D eigenvalue weighted by molar-refractivity contribution is -0.137. The lowest BCUT2D eigenvalue weighted by atomic mass is 9.70. The Morgan fingerprint density at radius 3 is 2.46 bits per heavy atom. The summed E-state index contributed by atoms with van der Waals surface area (Å²) >= 11 is 0. The molecule has 1 aromatic carbocycles. The molecule has 0 aromatic heterocycles. The van der Waals surface area contributed by atoms with Crippen LogP contribution in [0.15, 0.2) is 30.3 Å². The van der Waals surface area contributed by atoms with E-state index in [0.29, 0.717) is 6.54 Å². The molecule has 2 rings (SSSR count). The van der Waals surface area contributed by atoms with E-state index in [1.54, 1.807) is 7.05 Å². The van der Waals surface area contributed by atoms with Gasteiger partial charge in [0, 0.05) is 20.1 Å². The van der Waals surface area contributed by atoms with Gasteiger partial charge in [0.1, 0.15) is 0 Å². The quantitative estimate of drug-likeness (QED) is 0.805. The monoisotopic (exact) mass is 332 g/mol. The van der Waals surface area contributed by atoms with Crippen molar-refractivity contribution in [3.05, 3.63) is 35.9 Å². The minimum absolute atomic E-state index is 0.0287. The first-order valence-corrected chi connectivity index (χ1v) is 8.75. The number of rotatable bonds is 7. The molecule has 2 N–H and O–H groups in total. The fraction of sp³-hybridized carbons (Fsp3) is 0.579. The van der Waals surface area contributed by atoms with Crippen molar-refractivity contribution in [2.24, 2.45) is 5.41 Å². The molecule has 0 heterocycles. The maximum Gasteiger partial charge on any atom is 0.317 e. The van der Waals surface area contributed by atoms with Crippen LogP contribution in [0.1, 0.15) is 44.1 Å². The predicted molar refractivity (Wildman–Crippen MR) is 93.9 cm³/mol. The molecule has 5 heteroatoms. The molecule has 5 nitrogen and oxygen atoms in total. The normalized spacial score (nSPS) is 16.4. The zero-order valence-electron chi connectivity index (χ0n) is 14.5. The molecule has 0 atom stereocenters. The largest absolute Gasteiger partial charge is 0.481 e. The van der Waals surface area contributed by atoms with E-state index in [1.165, 1.54) is 29.7 Å². The van der Waals surface area contributed by atoms with Crippen LogP contribution in [0.25, 0.3) is 0 Å². The van der Waals surface area contributed by atoms with Crippen LogP contribution in [0.4, 0.5) is 4.79 Å². The van der Waals surface area contributed by atoms with Crippen molar-refractivity contribution in [1.82, 2.24) is 10.2 Å². The van der Waals surface area contributed by atoms with Crippen molar-refractivity contribution < 1.29 is 14.7 Å². The lowest BCUT2D eigenvalue weighted by Crippen LogP contribution is -2.45. The number of carboxylic acids is 1. The first kappa shape index (κ1) is 18.3. The van der Waals surface area contributed by atoms with Crippen molar-refractivity contribution in [2.45, 2.75) is 44.9 Å². The molecular weight excluding hydrogens is 304 g/mol. The van der Waals surface area contributed by atoms with Crippen LogP contribution in [0, 0.1) is 5.41 Å². The number of carbonyl (C=O) groups excluding carboxylic acids is 1. The molecule has 0 aliphatic heterocycles. The van der Waals surface area contributed by atoms with Crippen molar-refractivity contribution >= 4 is 12.0 Å². The van der Waals surface area contributed by atoms with Crippen LogP contribution < -0.4 is 5.32 Å². The van der Waals surface area contributed by atoms with E-state index in [4.69, 9.17) is 5.11 Å². The van der Waals surface area contributed by atoms with E-state index in [-0.39, 0.29) is 24.4 Å². The minimum Gasteiger partial charge on any atom is -0.481 e. The van der Waals surface area contributed by atoms with Crippen LogP contribution in [-0.4, -0.2) is 42.1 Å². The van der Waals surface area contributed by atoms with Gasteiger partial charge in [0.05, 0.1) is 6.42 Å². The van der Waals surface area contributed by atoms with E-state index in [2.05, 4.69) is 29.6 Å². The first-order valence-electron chi connectivity index (χ1n) is 8.75. The van der Waals surface area contributed by atoms with Crippen molar-refractivity contribution in [1.29, 1.82) is 0 Å². The zero-order valence-corrected chi connectivity index (χ0v) is 14.5. The molecule has 132 valence electrons. The predicted octanol–water partition coefficient (Wildman–Crippen LogP) is 3.30. The van der Waals surface area contributed by atoms with Crippen LogP contribution >= 0.6 is 0 Å². The Labute approximate surface area is 144 Å². The summed E-state index contributed by atoms with van der Waals surface area (Å²) in [6.07, 6.45) is 6.88. The molecular formula is C19H28N2O3. The summed E-state index contributed by atoms with van der Waals surface area (Å²) in [6, 6.07) is 10.3. The molecule has 1 aliphatic carbocycles. The number of hydrogen-bond acceptors (Lipinski definition) is 2. The summed E-state index contributed by atoms with van der Waals surface area (Å²) in [7, 11) is 1.64. The van der Waals surface area contributed by atoms with Crippen LogP contribution in [0.2, 0.25) is 0 Å². The number of amides is 2. The minimum atomic E-state index is -0.887. The van der Waals surface area contributed by atoms with E-state index in [1.807, 2.05) is 6.07 Å². The number of hydrogen-bond donors (Lipinski definition) is 2. The van der Waals surface area contributed by atoms with Crippen LogP contribution in [0.5, 0.6) is 0 Å². The molecule has 1 aromatic rings. The standard InChI is InChI=1S/C19H28N2O3/c1-21(13-10-17(22)23)18(24)20-15-19(11-6-3-7-12-19)14-16-8-4-2-5-9-16/h2,4-5,8-9H,3,6-7,10-15H2,1H3,(H,20,24)(H,22,23). The lowest BCUT2D eigenvalue weighted by Gasteiger charge is -2.38. The Bertz CT molecular complexity index is 539. The molecule has 0 bridgehead atoms. The van der Waals surface area contributed by atoms with Gasteiger partial charge in [0.15, 0.2) is 0 Å². The topological polar surface area (TPSA) is 69.6 Å². The van der Waals surface area contributed by atoms with Gasteiger partial charge in [-0.25, -0.2) is 4.79 Å². The fourth-order valence-corrected chi connectivity index (χ4v) is 3.51. The number of nitrogens with zero attached hydrogens (tertiary/aromatic N) is 1. The highest BCUT2D eigenvalue weighted by Crippen LogP contribution is 2.38. The van der Waals surface area contributed by atoms with Crippen LogP contribution in [0.3, 0.4) is 0 Å². The van der Waals surface area contributed by atoms with Crippen LogP contribution in [-0.2, 0) is 11.2 Å². The zero-order chi connectivity index (χ0) is 17.4. The Morgan fingerprint density at radius 2 is 1.83 bits per heavy atom. The summed E-state index contributed by atoms with van der Waals surface area (Å²) in [5, 5.41) is 11.8. The highest BCUT2D eigenvalue weighted by atomic mass is 16.4. The molecule has 0 saturated heterocycles. The van der Waals surface area contributed by atoms with E-state index < -0.39 is 5.97 Å². The summed E-state index contributed by atoms with van der Waals surface area (Å²) in [5.41, 5.74) is 1.43. The van der Waals surface area contributed by atoms with Crippen molar-refractivity contribution in [3.63, 3.8) is 0 Å². The summed E-state index contributed by atoms with van der Waals surface area (Å²) < 4.78 is 0. The average molecular weight is 332 g/mol. The van der Waals surface area contributed by atoms with Gasteiger partial charge in [0.25, 0.3) is 0 Å². The van der Waals surface area contributed by atoms with Gasteiger partial charge < -0.3 is 15.3 Å². The third kappa shape index (κ3) is 5.55. The van der Waals surface area contributed by atoms with Crippen molar-refractivity contribution in [3.8, 4) is 0 Å². The summed E-state index contributed by atoms with van der Waals surface area (Å²) in [6.45, 7) is 0.880. The summed E-state index contributed by atoms with van der Waals surface area (Å²) in [5.74, 6) is -0.887. The fourth-order valence-electron chi connectivity index (χ4n) is 3.51.